The van der Waals surface area contributed by atoms with E-state index in [2.05, 4.69) is 13.0 Å². The summed E-state index contributed by atoms with van der Waals surface area (Å²) in [4.78, 5) is 24.7. The molecule has 0 N–H and O–H groups in total. The molecule has 31 heavy (non-hydrogen) atoms. The predicted molar refractivity (Wildman–Crippen MR) is 120 cm³/mol. The van der Waals surface area contributed by atoms with Gasteiger partial charge in [0.15, 0.2) is 17.3 Å². The molecule has 1 heterocycles. The highest BCUT2D eigenvalue weighted by Gasteiger charge is 2.51. The molecule has 0 aromatic heterocycles. The van der Waals surface area contributed by atoms with Gasteiger partial charge in [-0.25, -0.2) is 0 Å². The van der Waals surface area contributed by atoms with Crippen LogP contribution in [0.15, 0.2) is 30.4 Å². The van der Waals surface area contributed by atoms with Crippen molar-refractivity contribution in [3.05, 3.63) is 35.9 Å². The van der Waals surface area contributed by atoms with Gasteiger partial charge in [0.05, 0.1) is 6.61 Å². The SMILES string of the molecule is CCCCCC(C)(C)C(=O)/C=C/C1C2c3cccc(OCC)c3O[C@H]2C[C@H]1OC(C)=O. The van der Waals surface area contributed by atoms with Crippen LogP contribution in [-0.4, -0.2) is 30.6 Å². The minimum absolute atomic E-state index is 0.0343. The number of carbonyl (C=O) groups is 2. The molecule has 1 aromatic rings. The number of ketones is 1. The maximum absolute atomic E-state index is 13.0. The quantitative estimate of drug-likeness (QED) is 0.275. The predicted octanol–water partition coefficient (Wildman–Crippen LogP) is 5.61. The van der Waals surface area contributed by atoms with Crippen molar-refractivity contribution in [2.24, 2.45) is 11.3 Å². The van der Waals surface area contributed by atoms with E-state index in [4.69, 9.17) is 14.2 Å². The third kappa shape index (κ3) is 5.13. The summed E-state index contributed by atoms with van der Waals surface area (Å²) in [6, 6.07) is 5.94. The molecule has 0 saturated heterocycles. The lowest BCUT2D eigenvalue weighted by Gasteiger charge is -2.23. The smallest absolute Gasteiger partial charge is 0.302 e. The van der Waals surface area contributed by atoms with Crippen molar-refractivity contribution in [3.63, 3.8) is 0 Å². The third-order valence-electron chi connectivity index (χ3n) is 6.51. The second-order valence-corrected chi connectivity index (χ2v) is 9.31. The lowest BCUT2D eigenvalue weighted by atomic mass is 9.81. The number of benzene rings is 1. The van der Waals surface area contributed by atoms with Crippen molar-refractivity contribution in [1.29, 1.82) is 0 Å². The second kappa shape index (κ2) is 9.88. The molecule has 1 aliphatic heterocycles. The number of unbranched alkanes of at least 4 members (excludes halogenated alkanes) is 2. The molecule has 170 valence electrons. The number of ether oxygens (including phenoxy) is 3. The second-order valence-electron chi connectivity index (χ2n) is 9.31. The van der Waals surface area contributed by atoms with Gasteiger partial charge < -0.3 is 14.2 Å². The molecule has 4 atom stereocenters. The molecule has 3 rings (SSSR count). The van der Waals surface area contributed by atoms with Gasteiger partial charge in [0.25, 0.3) is 0 Å². The summed E-state index contributed by atoms with van der Waals surface area (Å²) in [5.74, 6) is 1.27. The Kier molecular flexibility index (Phi) is 7.45. The topological polar surface area (TPSA) is 61.8 Å². The van der Waals surface area contributed by atoms with Crippen LogP contribution in [0.4, 0.5) is 0 Å². The van der Waals surface area contributed by atoms with E-state index < -0.39 is 5.41 Å². The molecule has 5 heteroatoms. The number of hydrogen-bond acceptors (Lipinski definition) is 5. The Morgan fingerprint density at radius 2 is 2.00 bits per heavy atom. The van der Waals surface area contributed by atoms with Crippen molar-refractivity contribution in [1.82, 2.24) is 0 Å². The molecule has 0 radical (unpaired) electrons. The van der Waals surface area contributed by atoms with Crippen molar-refractivity contribution in [3.8, 4) is 11.5 Å². The van der Waals surface area contributed by atoms with Crippen molar-refractivity contribution >= 4 is 11.8 Å². The lowest BCUT2D eigenvalue weighted by Crippen LogP contribution is -2.25. The average Bonchev–Trinajstić information content (AvgIpc) is 3.22. The van der Waals surface area contributed by atoms with E-state index in [1.807, 2.05) is 39.0 Å². The highest BCUT2D eigenvalue weighted by molar-refractivity contribution is 5.94. The highest BCUT2D eigenvalue weighted by atomic mass is 16.6. The monoisotopic (exact) mass is 428 g/mol. The molecule has 0 spiro atoms. The van der Waals surface area contributed by atoms with E-state index in [1.54, 1.807) is 6.08 Å². The minimum atomic E-state index is -0.396. The lowest BCUT2D eigenvalue weighted by molar-refractivity contribution is -0.147. The Bertz CT molecular complexity index is 825. The maximum Gasteiger partial charge on any atom is 0.302 e. The molecular formula is C26H36O5. The van der Waals surface area contributed by atoms with Crippen LogP contribution in [0, 0.1) is 11.3 Å². The van der Waals surface area contributed by atoms with Gasteiger partial charge in [-0.3, -0.25) is 9.59 Å². The number of hydrogen-bond donors (Lipinski definition) is 0. The zero-order valence-electron chi connectivity index (χ0n) is 19.5. The van der Waals surface area contributed by atoms with Gasteiger partial charge in [-0.15, -0.1) is 0 Å². The van der Waals surface area contributed by atoms with Crippen LogP contribution in [-0.2, 0) is 14.3 Å². The molecule has 0 bridgehead atoms. The van der Waals surface area contributed by atoms with Gasteiger partial charge in [0, 0.05) is 36.2 Å². The maximum atomic E-state index is 13.0. The molecule has 5 nitrogen and oxygen atoms in total. The first-order valence-corrected chi connectivity index (χ1v) is 11.6. The van der Waals surface area contributed by atoms with Crippen molar-refractivity contribution < 1.29 is 23.8 Å². The van der Waals surface area contributed by atoms with E-state index in [-0.39, 0.29) is 35.8 Å². The van der Waals surface area contributed by atoms with Crippen LogP contribution in [0.2, 0.25) is 0 Å². The van der Waals surface area contributed by atoms with Crippen molar-refractivity contribution in [2.75, 3.05) is 6.61 Å². The van der Waals surface area contributed by atoms with Crippen LogP contribution in [0.1, 0.15) is 78.2 Å². The molecule has 2 aliphatic rings. The molecule has 1 fully saturated rings. The number of para-hydroxylation sites is 1. The van der Waals surface area contributed by atoms with Crippen LogP contribution < -0.4 is 9.47 Å². The van der Waals surface area contributed by atoms with Crippen LogP contribution >= 0.6 is 0 Å². The van der Waals surface area contributed by atoms with Gasteiger partial charge in [0.2, 0.25) is 0 Å². The normalized spacial score (nSPS) is 24.5. The third-order valence-corrected chi connectivity index (χ3v) is 6.51. The Labute approximate surface area is 186 Å². The first kappa shape index (κ1) is 23.4. The van der Waals surface area contributed by atoms with E-state index in [9.17, 15) is 9.59 Å². The minimum Gasteiger partial charge on any atom is -0.490 e. The summed E-state index contributed by atoms with van der Waals surface area (Å²) < 4.78 is 17.6. The van der Waals surface area contributed by atoms with Gasteiger partial charge in [-0.05, 0) is 25.5 Å². The Morgan fingerprint density at radius 3 is 2.68 bits per heavy atom. The van der Waals surface area contributed by atoms with Gasteiger partial charge >= 0.3 is 5.97 Å². The molecule has 2 unspecified atom stereocenters. The molecule has 0 amide bonds. The van der Waals surface area contributed by atoms with Crippen LogP contribution in [0.3, 0.4) is 0 Å². The summed E-state index contributed by atoms with van der Waals surface area (Å²) in [6.07, 6.45) is 8.07. The Morgan fingerprint density at radius 1 is 1.23 bits per heavy atom. The van der Waals surface area contributed by atoms with E-state index >= 15 is 0 Å². The number of fused-ring (bicyclic) bond motifs is 3. The summed E-state index contributed by atoms with van der Waals surface area (Å²) in [5.41, 5.74) is 0.669. The van der Waals surface area contributed by atoms with E-state index in [0.29, 0.717) is 13.0 Å². The molecular weight excluding hydrogens is 392 g/mol. The highest BCUT2D eigenvalue weighted by Crippen LogP contribution is 2.54. The van der Waals surface area contributed by atoms with Crippen molar-refractivity contribution in [2.45, 2.75) is 84.8 Å². The molecule has 1 aromatic carbocycles. The van der Waals surface area contributed by atoms with E-state index in [1.165, 1.54) is 6.92 Å². The number of allylic oxidation sites excluding steroid dienone is 1. The standard InChI is InChI=1S/C26H36O5/c1-6-8-9-15-26(4,5)23(28)14-13-18-21(30-17(3)27)16-22-24(18)19-11-10-12-20(29-7-2)25(19)31-22/h10-14,18,21-22,24H,6-9,15-16H2,1-5H3/b14-13+/t18?,21-,22+,24?/m1/s1. The summed E-state index contributed by atoms with van der Waals surface area (Å²) in [6.45, 7) is 10.1. The summed E-state index contributed by atoms with van der Waals surface area (Å²) in [7, 11) is 0. The fourth-order valence-corrected chi connectivity index (χ4v) is 4.83. The Balaban J connectivity index is 1.84. The first-order chi connectivity index (χ1) is 14.8. The zero-order valence-corrected chi connectivity index (χ0v) is 19.5. The van der Waals surface area contributed by atoms with E-state index in [0.717, 1.165) is 42.7 Å². The zero-order chi connectivity index (χ0) is 22.6. The fraction of sp³-hybridized carbons (Fsp3) is 0.615. The summed E-state index contributed by atoms with van der Waals surface area (Å²) in [5, 5.41) is 0. The molecule has 1 saturated carbocycles. The van der Waals surface area contributed by atoms with Gasteiger partial charge in [-0.2, -0.15) is 0 Å². The number of esters is 1. The van der Waals surface area contributed by atoms with Crippen LogP contribution in [0.5, 0.6) is 11.5 Å². The van der Waals surface area contributed by atoms with Gasteiger partial charge in [0.1, 0.15) is 12.2 Å². The largest absolute Gasteiger partial charge is 0.490 e. The average molecular weight is 429 g/mol. The summed E-state index contributed by atoms with van der Waals surface area (Å²) >= 11 is 0. The first-order valence-electron chi connectivity index (χ1n) is 11.6. The number of carbonyl (C=O) groups excluding carboxylic acids is 2. The van der Waals surface area contributed by atoms with Gasteiger partial charge in [-0.1, -0.05) is 58.2 Å². The van der Waals surface area contributed by atoms with Crippen LogP contribution in [0.25, 0.3) is 0 Å². The number of rotatable bonds is 10. The molecule has 1 aliphatic carbocycles. The fourth-order valence-electron chi connectivity index (χ4n) is 4.83. The Hall–Kier alpha value is -2.30.